The largest absolute Gasteiger partial charge is 0.253 e. The average Bonchev–Trinajstić information content (AvgIpc) is 2.29. The number of pyridine rings is 1. The normalized spacial score (nSPS) is 10.3. The van der Waals surface area contributed by atoms with Crippen LogP contribution >= 0.6 is 0 Å². The third-order valence-corrected chi connectivity index (χ3v) is 2.33. The summed E-state index contributed by atoms with van der Waals surface area (Å²) in [4.78, 5) is 4.49. The van der Waals surface area contributed by atoms with Crippen LogP contribution in [0.2, 0.25) is 0 Å². The smallest absolute Gasteiger partial charge is 0.123 e. The van der Waals surface area contributed by atoms with Gasteiger partial charge < -0.3 is 0 Å². The molecule has 18 heavy (non-hydrogen) atoms. The van der Waals surface area contributed by atoms with E-state index in [4.69, 9.17) is 0 Å². The van der Waals surface area contributed by atoms with Gasteiger partial charge in [0.25, 0.3) is 0 Å². The molecule has 0 N–H and O–H groups in total. The van der Waals surface area contributed by atoms with Gasteiger partial charge in [0.15, 0.2) is 0 Å². The van der Waals surface area contributed by atoms with Gasteiger partial charge in [-0.1, -0.05) is 40.2 Å². The lowest BCUT2D eigenvalue weighted by Crippen LogP contribution is -1.97. The van der Waals surface area contributed by atoms with Gasteiger partial charge in [-0.15, -0.1) is 0 Å². The summed E-state index contributed by atoms with van der Waals surface area (Å²) in [7, 11) is 0. The van der Waals surface area contributed by atoms with E-state index in [1.165, 1.54) is 18.6 Å². The Hall–Kier alpha value is -1.44. The molecule has 1 nitrogen and oxygen atoms in total. The monoisotopic (exact) mass is 247 g/mol. The molecule has 1 heterocycles. The van der Waals surface area contributed by atoms with Crippen molar-refractivity contribution >= 4 is 10.9 Å². The van der Waals surface area contributed by atoms with Gasteiger partial charge in [0, 0.05) is 11.1 Å². The summed E-state index contributed by atoms with van der Waals surface area (Å²) in [6, 6.07) is 8.61. The van der Waals surface area contributed by atoms with Crippen molar-refractivity contribution in [3.8, 4) is 0 Å². The molecular weight excluding hydrogens is 225 g/mol. The summed E-state index contributed by atoms with van der Waals surface area (Å²) in [5.41, 5.74) is 1.94. The van der Waals surface area contributed by atoms with Crippen molar-refractivity contribution in [1.29, 1.82) is 0 Å². The molecule has 0 fully saturated rings. The Bertz CT molecular complexity index is 491. The Morgan fingerprint density at radius 2 is 1.78 bits per heavy atom. The Morgan fingerprint density at radius 1 is 1.11 bits per heavy atom. The third-order valence-electron chi connectivity index (χ3n) is 2.33. The molecule has 0 bridgehead atoms. The molecule has 0 atom stereocenters. The van der Waals surface area contributed by atoms with E-state index in [1.807, 2.05) is 12.1 Å². The molecule has 2 heteroatoms. The van der Waals surface area contributed by atoms with E-state index in [9.17, 15) is 4.39 Å². The van der Waals surface area contributed by atoms with Gasteiger partial charge in [-0.2, -0.15) is 0 Å². The SMILES string of the molecule is CC(C)Cc1ccc2cc(F)ccc2n1.CCC. The maximum atomic E-state index is 12.9. The quantitative estimate of drug-likeness (QED) is 0.728. The van der Waals surface area contributed by atoms with Crippen LogP contribution in [0.15, 0.2) is 30.3 Å². The number of hydrogen-bond donors (Lipinski definition) is 0. The molecular formula is C16H22FN. The van der Waals surface area contributed by atoms with Crippen LogP contribution in [0.3, 0.4) is 0 Å². The van der Waals surface area contributed by atoms with Crippen molar-refractivity contribution in [2.24, 2.45) is 5.92 Å². The molecule has 0 unspecified atom stereocenters. The van der Waals surface area contributed by atoms with Gasteiger partial charge in [-0.05, 0) is 36.6 Å². The molecule has 0 aliphatic carbocycles. The van der Waals surface area contributed by atoms with Gasteiger partial charge in [-0.3, -0.25) is 4.98 Å². The second kappa shape index (κ2) is 7.10. The zero-order valence-corrected chi connectivity index (χ0v) is 11.7. The lowest BCUT2D eigenvalue weighted by Gasteiger charge is -2.05. The topological polar surface area (TPSA) is 12.9 Å². The molecule has 0 saturated carbocycles. The van der Waals surface area contributed by atoms with Crippen molar-refractivity contribution in [3.05, 3.63) is 41.8 Å². The van der Waals surface area contributed by atoms with Crippen molar-refractivity contribution < 1.29 is 4.39 Å². The summed E-state index contributed by atoms with van der Waals surface area (Å²) < 4.78 is 12.9. The van der Waals surface area contributed by atoms with Crippen LogP contribution < -0.4 is 0 Å². The highest BCUT2D eigenvalue weighted by Gasteiger charge is 2.01. The summed E-state index contributed by atoms with van der Waals surface area (Å²) in [6.07, 6.45) is 2.22. The Labute approximate surface area is 109 Å². The first-order valence-electron chi connectivity index (χ1n) is 6.62. The van der Waals surface area contributed by atoms with Crippen molar-refractivity contribution in [2.75, 3.05) is 0 Å². The van der Waals surface area contributed by atoms with Gasteiger partial charge in [0.2, 0.25) is 0 Å². The van der Waals surface area contributed by atoms with Crippen LogP contribution in [0.5, 0.6) is 0 Å². The number of benzene rings is 1. The Kier molecular flexibility index (Phi) is 5.76. The number of fused-ring (bicyclic) bond motifs is 1. The highest BCUT2D eigenvalue weighted by Crippen LogP contribution is 2.15. The fraction of sp³-hybridized carbons (Fsp3) is 0.438. The highest BCUT2D eigenvalue weighted by atomic mass is 19.1. The van der Waals surface area contributed by atoms with Crippen LogP contribution in [0.1, 0.15) is 39.8 Å². The first kappa shape index (κ1) is 14.6. The molecule has 2 rings (SSSR count). The second-order valence-corrected chi connectivity index (χ2v) is 4.94. The minimum absolute atomic E-state index is 0.207. The molecule has 1 aromatic heterocycles. The number of halogens is 1. The van der Waals surface area contributed by atoms with E-state index < -0.39 is 0 Å². The molecule has 0 amide bonds. The van der Waals surface area contributed by atoms with Crippen LogP contribution in [-0.4, -0.2) is 4.98 Å². The number of aromatic nitrogens is 1. The van der Waals surface area contributed by atoms with Crippen molar-refractivity contribution in [3.63, 3.8) is 0 Å². The zero-order valence-electron chi connectivity index (χ0n) is 11.7. The predicted octanol–water partition coefficient (Wildman–Crippen LogP) is 4.99. The van der Waals surface area contributed by atoms with E-state index in [1.54, 1.807) is 6.07 Å². The second-order valence-electron chi connectivity index (χ2n) is 4.94. The molecule has 0 aliphatic heterocycles. The Balaban J connectivity index is 0.000000492. The molecule has 1 aromatic carbocycles. The van der Waals surface area contributed by atoms with E-state index in [2.05, 4.69) is 32.7 Å². The molecule has 0 radical (unpaired) electrons. The standard InChI is InChI=1S/C13H14FN.C3H8/c1-9(2)7-12-5-3-10-8-11(14)4-6-13(10)15-12;1-3-2/h3-6,8-9H,7H2,1-2H3;3H2,1-2H3. The maximum Gasteiger partial charge on any atom is 0.123 e. The fourth-order valence-corrected chi connectivity index (χ4v) is 1.67. The molecule has 0 spiro atoms. The summed E-state index contributed by atoms with van der Waals surface area (Å²) in [5, 5.41) is 0.863. The summed E-state index contributed by atoms with van der Waals surface area (Å²) in [5.74, 6) is 0.385. The van der Waals surface area contributed by atoms with Crippen LogP contribution in [0.25, 0.3) is 10.9 Å². The summed E-state index contributed by atoms with van der Waals surface area (Å²) in [6.45, 7) is 8.58. The molecule has 0 saturated heterocycles. The van der Waals surface area contributed by atoms with Crippen LogP contribution in [-0.2, 0) is 6.42 Å². The maximum absolute atomic E-state index is 12.9. The van der Waals surface area contributed by atoms with Gasteiger partial charge in [-0.25, -0.2) is 4.39 Å². The number of nitrogens with zero attached hydrogens (tertiary/aromatic N) is 1. The van der Waals surface area contributed by atoms with Crippen LogP contribution in [0.4, 0.5) is 4.39 Å². The molecule has 98 valence electrons. The number of hydrogen-bond acceptors (Lipinski definition) is 1. The van der Waals surface area contributed by atoms with E-state index >= 15 is 0 Å². The summed E-state index contributed by atoms with van der Waals surface area (Å²) >= 11 is 0. The lowest BCUT2D eigenvalue weighted by atomic mass is 10.1. The average molecular weight is 247 g/mol. The minimum Gasteiger partial charge on any atom is -0.253 e. The first-order chi connectivity index (χ1) is 8.56. The lowest BCUT2D eigenvalue weighted by molar-refractivity contribution is 0.628. The molecule has 2 aromatic rings. The predicted molar refractivity (Wildman–Crippen MR) is 76.2 cm³/mol. The minimum atomic E-state index is -0.207. The zero-order chi connectivity index (χ0) is 13.5. The van der Waals surface area contributed by atoms with Gasteiger partial charge in [0.1, 0.15) is 5.82 Å². The third kappa shape index (κ3) is 4.44. The highest BCUT2D eigenvalue weighted by molar-refractivity contribution is 5.78. The van der Waals surface area contributed by atoms with Crippen LogP contribution in [0, 0.1) is 11.7 Å². The number of rotatable bonds is 2. The van der Waals surface area contributed by atoms with E-state index in [0.29, 0.717) is 5.92 Å². The van der Waals surface area contributed by atoms with E-state index in [0.717, 1.165) is 23.0 Å². The first-order valence-corrected chi connectivity index (χ1v) is 6.62. The fourth-order valence-electron chi connectivity index (χ4n) is 1.67. The molecule has 0 aliphatic rings. The van der Waals surface area contributed by atoms with Gasteiger partial charge >= 0.3 is 0 Å². The van der Waals surface area contributed by atoms with Crippen molar-refractivity contribution in [2.45, 2.75) is 40.5 Å². The van der Waals surface area contributed by atoms with Crippen molar-refractivity contribution in [1.82, 2.24) is 4.98 Å². The van der Waals surface area contributed by atoms with E-state index in [-0.39, 0.29) is 5.82 Å². The Morgan fingerprint density at radius 3 is 2.39 bits per heavy atom. The van der Waals surface area contributed by atoms with Gasteiger partial charge in [0.05, 0.1) is 5.52 Å².